The predicted octanol–water partition coefficient (Wildman–Crippen LogP) is 1.15. The minimum Gasteiger partial charge on any atom is -0.466 e. The molecule has 1 aliphatic heterocycles. The Kier molecular flexibility index (Phi) is 4.88. The fourth-order valence-electron chi connectivity index (χ4n) is 2.33. The van der Waals surface area contributed by atoms with Crippen LogP contribution in [-0.2, 0) is 14.9 Å². The zero-order valence-corrected chi connectivity index (χ0v) is 13.4. The first-order chi connectivity index (χ1) is 10.8. The van der Waals surface area contributed by atoms with Crippen molar-refractivity contribution in [2.75, 3.05) is 20.2 Å². The van der Waals surface area contributed by atoms with Gasteiger partial charge in [0.1, 0.15) is 5.76 Å². The van der Waals surface area contributed by atoms with Crippen LogP contribution < -0.4 is 10.6 Å². The van der Waals surface area contributed by atoms with Crippen molar-refractivity contribution in [1.29, 1.82) is 0 Å². The Morgan fingerprint density at radius 3 is 2.91 bits per heavy atom. The van der Waals surface area contributed by atoms with Crippen LogP contribution in [0.2, 0.25) is 0 Å². The number of carbonyl (C=O) groups is 3. The third-order valence-electron chi connectivity index (χ3n) is 3.69. The standard InChI is InChI=1S/C16H20N2O5/c1-16(2)6-8-18-14(20)10-9-11(23-13(10)16)15(21)17-7-4-5-12(19)22-3/h4-5,9H,6-8H2,1-3H3,(H,17,21)(H,18,20)/b5-4+. The first-order valence-electron chi connectivity index (χ1n) is 7.30. The van der Waals surface area contributed by atoms with Crippen molar-refractivity contribution in [2.24, 2.45) is 0 Å². The Morgan fingerprint density at radius 2 is 2.22 bits per heavy atom. The zero-order valence-electron chi connectivity index (χ0n) is 13.4. The van der Waals surface area contributed by atoms with Gasteiger partial charge in [-0.3, -0.25) is 9.59 Å². The molecule has 2 heterocycles. The van der Waals surface area contributed by atoms with Crippen molar-refractivity contribution in [2.45, 2.75) is 25.7 Å². The van der Waals surface area contributed by atoms with Crippen LogP contribution in [0.5, 0.6) is 0 Å². The summed E-state index contributed by atoms with van der Waals surface area (Å²) in [6.45, 7) is 4.65. The number of hydrogen-bond donors (Lipinski definition) is 2. The van der Waals surface area contributed by atoms with Gasteiger partial charge in [0.2, 0.25) is 0 Å². The van der Waals surface area contributed by atoms with E-state index in [2.05, 4.69) is 15.4 Å². The Bertz CT molecular complexity index is 657. The van der Waals surface area contributed by atoms with Gasteiger partial charge >= 0.3 is 5.97 Å². The van der Waals surface area contributed by atoms with Crippen molar-refractivity contribution in [3.05, 3.63) is 35.3 Å². The molecule has 0 aliphatic carbocycles. The van der Waals surface area contributed by atoms with E-state index in [0.717, 1.165) is 6.42 Å². The average molecular weight is 320 g/mol. The van der Waals surface area contributed by atoms with Crippen LogP contribution in [0.3, 0.4) is 0 Å². The number of furan rings is 1. The van der Waals surface area contributed by atoms with Gasteiger partial charge < -0.3 is 19.8 Å². The van der Waals surface area contributed by atoms with Gasteiger partial charge in [0, 0.05) is 30.6 Å². The fourth-order valence-corrected chi connectivity index (χ4v) is 2.33. The lowest BCUT2D eigenvalue weighted by Gasteiger charge is -2.20. The molecule has 1 aromatic heterocycles. The molecule has 2 amide bonds. The molecule has 0 bridgehead atoms. The van der Waals surface area contributed by atoms with Crippen LogP contribution in [0, 0.1) is 0 Å². The largest absolute Gasteiger partial charge is 0.466 e. The molecule has 1 aromatic rings. The van der Waals surface area contributed by atoms with Crippen molar-refractivity contribution >= 4 is 17.8 Å². The highest BCUT2D eigenvalue weighted by molar-refractivity contribution is 6.00. The summed E-state index contributed by atoms with van der Waals surface area (Å²) in [6, 6.07) is 1.46. The minimum absolute atomic E-state index is 0.0755. The molecule has 0 aromatic carbocycles. The van der Waals surface area contributed by atoms with Gasteiger partial charge in [0.25, 0.3) is 11.8 Å². The van der Waals surface area contributed by atoms with Crippen LogP contribution in [0.4, 0.5) is 0 Å². The summed E-state index contributed by atoms with van der Waals surface area (Å²) < 4.78 is 10.1. The third kappa shape index (κ3) is 3.80. The summed E-state index contributed by atoms with van der Waals surface area (Å²) >= 11 is 0. The van der Waals surface area contributed by atoms with Crippen molar-refractivity contribution in [3.63, 3.8) is 0 Å². The van der Waals surface area contributed by atoms with E-state index in [9.17, 15) is 14.4 Å². The van der Waals surface area contributed by atoms with Crippen LogP contribution in [0.15, 0.2) is 22.6 Å². The first-order valence-corrected chi connectivity index (χ1v) is 7.30. The van der Waals surface area contributed by atoms with Crippen molar-refractivity contribution < 1.29 is 23.5 Å². The fraction of sp³-hybridized carbons (Fsp3) is 0.438. The molecule has 0 atom stereocenters. The maximum atomic E-state index is 12.1. The molecular weight excluding hydrogens is 300 g/mol. The van der Waals surface area contributed by atoms with E-state index in [1.807, 2.05) is 13.8 Å². The van der Waals surface area contributed by atoms with E-state index < -0.39 is 11.9 Å². The number of fused-ring (bicyclic) bond motifs is 1. The molecule has 1 aliphatic rings. The van der Waals surface area contributed by atoms with Gasteiger partial charge in [-0.2, -0.15) is 0 Å². The van der Waals surface area contributed by atoms with E-state index in [1.54, 1.807) is 0 Å². The summed E-state index contributed by atoms with van der Waals surface area (Å²) in [6.07, 6.45) is 3.41. The van der Waals surface area contributed by atoms with E-state index in [4.69, 9.17) is 4.42 Å². The molecule has 0 saturated carbocycles. The second-order valence-electron chi connectivity index (χ2n) is 5.88. The van der Waals surface area contributed by atoms with Gasteiger partial charge in [0.15, 0.2) is 5.76 Å². The van der Waals surface area contributed by atoms with Crippen LogP contribution >= 0.6 is 0 Å². The van der Waals surface area contributed by atoms with Gasteiger partial charge in [-0.1, -0.05) is 19.9 Å². The Balaban J connectivity index is 2.11. The normalized spacial score (nSPS) is 16.4. The number of rotatable bonds is 4. The lowest BCUT2D eigenvalue weighted by Crippen LogP contribution is -2.25. The van der Waals surface area contributed by atoms with Gasteiger partial charge in [-0.25, -0.2) is 4.79 Å². The molecule has 0 unspecified atom stereocenters. The third-order valence-corrected chi connectivity index (χ3v) is 3.69. The summed E-state index contributed by atoms with van der Waals surface area (Å²) in [5.74, 6) is -0.591. The summed E-state index contributed by atoms with van der Waals surface area (Å²) in [4.78, 5) is 35.0. The highest BCUT2D eigenvalue weighted by Gasteiger charge is 2.34. The lowest BCUT2D eigenvalue weighted by molar-refractivity contribution is -0.134. The molecule has 0 saturated heterocycles. The molecule has 124 valence electrons. The number of methoxy groups -OCH3 is 1. The molecule has 2 N–H and O–H groups in total. The summed E-state index contributed by atoms with van der Waals surface area (Å²) in [5.41, 5.74) is 0.0559. The Morgan fingerprint density at radius 1 is 1.48 bits per heavy atom. The SMILES string of the molecule is COC(=O)/C=C/CNC(=O)c1cc2c(o1)C(C)(C)CCNC2=O. The molecule has 7 nitrogen and oxygen atoms in total. The summed E-state index contributed by atoms with van der Waals surface area (Å²) in [5, 5.41) is 5.37. The molecule has 0 spiro atoms. The Hall–Kier alpha value is -2.57. The van der Waals surface area contributed by atoms with Crippen LogP contribution in [0.25, 0.3) is 0 Å². The van der Waals surface area contributed by atoms with Gasteiger partial charge in [0.05, 0.1) is 12.7 Å². The van der Waals surface area contributed by atoms with Crippen LogP contribution in [0.1, 0.15) is 46.9 Å². The second kappa shape index (κ2) is 6.68. The number of esters is 1. The van der Waals surface area contributed by atoms with Gasteiger partial charge in [-0.05, 0) is 6.42 Å². The average Bonchev–Trinajstić information content (AvgIpc) is 2.93. The predicted molar refractivity (Wildman–Crippen MR) is 82.2 cm³/mol. The lowest BCUT2D eigenvalue weighted by atomic mass is 9.85. The van der Waals surface area contributed by atoms with E-state index >= 15 is 0 Å². The molecule has 23 heavy (non-hydrogen) atoms. The molecule has 7 heteroatoms. The molecule has 2 rings (SSSR count). The summed E-state index contributed by atoms with van der Waals surface area (Å²) in [7, 11) is 1.27. The maximum absolute atomic E-state index is 12.1. The minimum atomic E-state index is -0.498. The molecule has 0 radical (unpaired) electrons. The highest BCUT2D eigenvalue weighted by atomic mass is 16.5. The van der Waals surface area contributed by atoms with E-state index in [-0.39, 0.29) is 23.6 Å². The van der Waals surface area contributed by atoms with Gasteiger partial charge in [-0.15, -0.1) is 0 Å². The molecular formula is C16H20N2O5. The number of carbonyl (C=O) groups excluding carboxylic acids is 3. The highest BCUT2D eigenvalue weighted by Crippen LogP contribution is 2.33. The Labute approximate surface area is 134 Å². The second-order valence-corrected chi connectivity index (χ2v) is 5.88. The van der Waals surface area contributed by atoms with Crippen LogP contribution in [-0.4, -0.2) is 38.0 Å². The number of amides is 2. The van der Waals surface area contributed by atoms with Crippen molar-refractivity contribution in [3.8, 4) is 0 Å². The smallest absolute Gasteiger partial charge is 0.330 e. The number of nitrogens with one attached hydrogen (secondary N) is 2. The van der Waals surface area contributed by atoms with E-state index in [0.29, 0.717) is 17.9 Å². The topological polar surface area (TPSA) is 97.6 Å². The first kappa shape index (κ1) is 16.8. The van der Waals surface area contributed by atoms with Crippen molar-refractivity contribution in [1.82, 2.24) is 10.6 Å². The molecule has 0 fully saturated rings. The number of ether oxygens (including phenoxy) is 1. The zero-order chi connectivity index (χ0) is 17.0. The quantitative estimate of drug-likeness (QED) is 0.640. The monoisotopic (exact) mass is 320 g/mol. The number of hydrogen-bond acceptors (Lipinski definition) is 5. The maximum Gasteiger partial charge on any atom is 0.330 e. The van der Waals surface area contributed by atoms with E-state index in [1.165, 1.54) is 25.3 Å².